The standard InChI is InChI=1S/C32H48N4Si2/c1-31(2,3)28-23-25(33-35(37(7,8)9)26-19-15-13-16-20-26)24-29(32(4,5)6)30(28)34-36(38(10,11)12)27-21-17-14-18-22-27/h13-24H,1-12H3. The molecule has 1 aliphatic carbocycles. The van der Waals surface area contributed by atoms with Gasteiger partial charge in [-0.3, -0.25) is 9.35 Å². The van der Waals surface area contributed by atoms with Gasteiger partial charge < -0.3 is 0 Å². The van der Waals surface area contributed by atoms with E-state index < -0.39 is 16.5 Å². The molecule has 3 rings (SSSR count). The van der Waals surface area contributed by atoms with Gasteiger partial charge in [0.15, 0.2) is 16.5 Å². The first-order chi connectivity index (χ1) is 17.4. The fraction of sp³-hybridized carbons (Fsp3) is 0.438. The van der Waals surface area contributed by atoms with E-state index in [2.05, 4.69) is 163 Å². The van der Waals surface area contributed by atoms with E-state index in [-0.39, 0.29) is 10.8 Å². The highest BCUT2D eigenvalue weighted by Crippen LogP contribution is 2.39. The number of benzene rings is 2. The summed E-state index contributed by atoms with van der Waals surface area (Å²) in [6.07, 6.45) is 4.55. The summed E-state index contributed by atoms with van der Waals surface area (Å²) >= 11 is 0. The van der Waals surface area contributed by atoms with Crippen LogP contribution in [0.3, 0.4) is 0 Å². The van der Waals surface area contributed by atoms with Gasteiger partial charge in [-0.15, -0.1) is 0 Å². The monoisotopic (exact) mass is 544 g/mol. The second kappa shape index (κ2) is 10.8. The van der Waals surface area contributed by atoms with E-state index in [1.54, 1.807) is 0 Å². The molecule has 0 aromatic heterocycles. The fourth-order valence-electron chi connectivity index (χ4n) is 4.47. The van der Waals surface area contributed by atoms with Gasteiger partial charge >= 0.3 is 0 Å². The highest BCUT2D eigenvalue weighted by Gasteiger charge is 2.36. The Balaban J connectivity index is 2.30. The summed E-state index contributed by atoms with van der Waals surface area (Å²) in [5.74, 6) is 0. The number of hydrogen-bond acceptors (Lipinski definition) is 4. The Morgan fingerprint density at radius 1 is 0.526 bits per heavy atom. The zero-order chi connectivity index (χ0) is 28.5. The molecule has 0 fully saturated rings. The average Bonchev–Trinajstić information content (AvgIpc) is 2.79. The van der Waals surface area contributed by atoms with E-state index >= 15 is 0 Å². The van der Waals surface area contributed by atoms with E-state index in [9.17, 15) is 0 Å². The lowest BCUT2D eigenvalue weighted by molar-refractivity contribution is 0.505. The summed E-state index contributed by atoms with van der Waals surface area (Å²) in [5.41, 5.74) is 6.60. The van der Waals surface area contributed by atoms with E-state index in [1.807, 2.05) is 0 Å². The van der Waals surface area contributed by atoms with Gasteiger partial charge in [0.1, 0.15) is 0 Å². The second-order valence-electron chi connectivity index (χ2n) is 14.2. The van der Waals surface area contributed by atoms with Gasteiger partial charge in [-0.25, -0.2) is 0 Å². The lowest BCUT2D eigenvalue weighted by atomic mass is 9.72. The molecule has 0 bridgehead atoms. The van der Waals surface area contributed by atoms with Crippen LogP contribution in [0.4, 0.5) is 11.4 Å². The fourth-order valence-corrected chi connectivity index (χ4v) is 7.13. The zero-order valence-corrected chi connectivity index (χ0v) is 27.7. The van der Waals surface area contributed by atoms with Crippen molar-refractivity contribution in [3.63, 3.8) is 0 Å². The Labute approximate surface area is 234 Å². The molecule has 204 valence electrons. The molecule has 0 atom stereocenters. The van der Waals surface area contributed by atoms with Crippen LogP contribution in [0.2, 0.25) is 39.3 Å². The first-order valence-electron chi connectivity index (χ1n) is 13.7. The van der Waals surface area contributed by atoms with Crippen LogP contribution < -0.4 is 9.35 Å². The number of allylic oxidation sites excluding steroid dienone is 4. The van der Waals surface area contributed by atoms with Crippen LogP contribution in [0.15, 0.2) is 94.2 Å². The number of nitrogens with zero attached hydrogens (tertiary/aromatic N) is 4. The zero-order valence-electron chi connectivity index (χ0n) is 25.7. The Bertz CT molecular complexity index is 1190. The maximum atomic E-state index is 5.51. The van der Waals surface area contributed by atoms with Gasteiger partial charge in [-0.2, -0.15) is 10.2 Å². The average molecular weight is 545 g/mol. The predicted molar refractivity (Wildman–Crippen MR) is 174 cm³/mol. The molecular weight excluding hydrogens is 497 g/mol. The van der Waals surface area contributed by atoms with Gasteiger partial charge in [-0.1, -0.05) is 77.9 Å². The highest BCUT2D eigenvalue weighted by atomic mass is 28.3. The maximum absolute atomic E-state index is 5.51. The summed E-state index contributed by atoms with van der Waals surface area (Å²) in [4.78, 5) is 0. The maximum Gasteiger partial charge on any atom is 0.176 e. The van der Waals surface area contributed by atoms with Gasteiger partial charge in [0.2, 0.25) is 0 Å². The van der Waals surface area contributed by atoms with Crippen LogP contribution in [0.25, 0.3) is 0 Å². The van der Waals surface area contributed by atoms with Crippen molar-refractivity contribution < 1.29 is 0 Å². The Kier molecular flexibility index (Phi) is 8.49. The van der Waals surface area contributed by atoms with Gasteiger partial charge in [0.25, 0.3) is 0 Å². The van der Waals surface area contributed by atoms with Crippen molar-refractivity contribution in [1.29, 1.82) is 0 Å². The molecule has 0 aliphatic heterocycles. The summed E-state index contributed by atoms with van der Waals surface area (Å²) in [6, 6.07) is 21.2. The molecular formula is C32H48N4Si2. The quantitative estimate of drug-likeness (QED) is 0.206. The van der Waals surface area contributed by atoms with Crippen LogP contribution in [-0.4, -0.2) is 27.9 Å². The molecule has 6 heteroatoms. The number of para-hydroxylation sites is 2. The predicted octanol–water partition coefficient (Wildman–Crippen LogP) is 9.34. The smallest absolute Gasteiger partial charge is 0.176 e. The largest absolute Gasteiger partial charge is 0.295 e. The minimum absolute atomic E-state index is 0.108. The molecule has 0 heterocycles. The van der Waals surface area contributed by atoms with Crippen LogP contribution in [0.5, 0.6) is 0 Å². The normalized spacial score (nSPS) is 15.1. The molecule has 0 unspecified atom stereocenters. The third-order valence-electron chi connectivity index (χ3n) is 6.40. The third-order valence-corrected chi connectivity index (χ3v) is 9.66. The molecule has 0 saturated carbocycles. The van der Waals surface area contributed by atoms with Crippen LogP contribution in [0, 0.1) is 10.8 Å². The van der Waals surface area contributed by atoms with Crippen molar-refractivity contribution in [2.75, 3.05) is 9.35 Å². The summed E-state index contributed by atoms with van der Waals surface area (Å²) < 4.78 is 4.58. The first-order valence-corrected chi connectivity index (χ1v) is 20.6. The molecule has 38 heavy (non-hydrogen) atoms. The van der Waals surface area contributed by atoms with Gasteiger partial charge in [0.05, 0.1) is 11.4 Å². The SMILES string of the molecule is CC(C)(C)C1=CC(=NN(c2ccccc2)[Si](C)(C)C)C=C(C(C)(C)C)C1=NN(c1ccccc1)[Si](C)(C)C. The van der Waals surface area contributed by atoms with Gasteiger partial charge in [-0.05, 0) is 97.7 Å². The summed E-state index contributed by atoms with van der Waals surface area (Å²) in [6.45, 7) is 27.8. The van der Waals surface area contributed by atoms with Crippen molar-refractivity contribution in [2.24, 2.45) is 21.0 Å². The second-order valence-corrected chi connectivity index (χ2v) is 23.8. The van der Waals surface area contributed by atoms with Crippen molar-refractivity contribution in [3.05, 3.63) is 84.0 Å². The van der Waals surface area contributed by atoms with Crippen molar-refractivity contribution in [1.82, 2.24) is 0 Å². The number of hydrogen-bond donors (Lipinski definition) is 0. The van der Waals surface area contributed by atoms with E-state index in [0.29, 0.717) is 0 Å². The van der Waals surface area contributed by atoms with E-state index in [4.69, 9.17) is 10.2 Å². The van der Waals surface area contributed by atoms with Crippen LogP contribution in [-0.2, 0) is 0 Å². The molecule has 1 aliphatic rings. The summed E-state index contributed by atoms with van der Waals surface area (Å²) in [7, 11) is -3.65. The third kappa shape index (κ3) is 7.23. The Hall–Kier alpha value is -2.71. The number of hydrazone groups is 2. The lowest BCUT2D eigenvalue weighted by Gasteiger charge is -2.38. The molecule has 0 N–H and O–H groups in total. The van der Waals surface area contributed by atoms with Crippen LogP contribution in [0.1, 0.15) is 41.5 Å². The van der Waals surface area contributed by atoms with Crippen LogP contribution >= 0.6 is 0 Å². The molecule has 2 aromatic carbocycles. The van der Waals surface area contributed by atoms with Crippen molar-refractivity contribution in [3.8, 4) is 0 Å². The molecule has 0 spiro atoms. The molecule has 4 nitrogen and oxygen atoms in total. The van der Waals surface area contributed by atoms with Crippen molar-refractivity contribution >= 4 is 39.3 Å². The van der Waals surface area contributed by atoms with E-state index in [1.165, 1.54) is 11.1 Å². The molecule has 2 aromatic rings. The topological polar surface area (TPSA) is 31.2 Å². The number of rotatable bonds is 6. The molecule has 0 saturated heterocycles. The number of anilines is 2. The lowest BCUT2D eigenvalue weighted by Crippen LogP contribution is -2.45. The van der Waals surface area contributed by atoms with E-state index in [0.717, 1.165) is 22.8 Å². The minimum atomic E-state index is -1.84. The van der Waals surface area contributed by atoms with Gasteiger partial charge in [0, 0.05) is 11.4 Å². The molecule has 0 amide bonds. The first kappa shape index (κ1) is 29.8. The Morgan fingerprint density at radius 3 is 1.18 bits per heavy atom. The highest BCUT2D eigenvalue weighted by molar-refractivity contribution is 6.80. The molecule has 0 radical (unpaired) electrons. The summed E-state index contributed by atoms with van der Waals surface area (Å²) in [5, 5.41) is 10.8. The Morgan fingerprint density at radius 2 is 0.868 bits per heavy atom. The van der Waals surface area contributed by atoms with Crippen molar-refractivity contribution in [2.45, 2.75) is 80.8 Å². The minimum Gasteiger partial charge on any atom is -0.295 e.